The molecule has 2 heterocycles. The van der Waals surface area contributed by atoms with Gasteiger partial charge in [0.2, 0.25) is 5.91 Å². The van der Waals surface area contributed by atoms with Gasteiger partial charge in [0, 0.05) is 18.0 Å². The molecule has 7 heteroatoms. The molecule has 3 rings (SSSR count). The second-order valence-electron chi connectivity index (χ2n) is 6.73. The number of H-pyrrole nitrogens is 1. The fourth-order valence-electron chi connectivity index (χ4n) is 2.56. The minimum atomic E-state index is -0.164. The third-order valence-electron chi connectivity index (χ3n) is 3.85. The van der Waals surface area contributed by atoms with E-state index in [-0.39, 0.29) is 17.7 Å². The Morgan fingerprint density at radius 3 is 2.62 bits per heavy atom. The Kier molecular flexibility index (Phi) is 4.09. The molecule has 0 bridgehead atoms. The van der Waals surface area contributed by atoms with Crippen LogP contribution < -0.4 is 5.32 Å². The molecule has 0 aliphatic rings. The Morgan fingerprint density at radius 2 is 2.00 bits per heavy atom. The minimum absolute atomic E-state index is 0.0492. The van der Waals surface area contributed by atoms with Crippen molar-refractivity contribution < 1.29 is 4.79 Å². The highest BCUT2D eigenvalue weighted by molar-refractivity contribution is 6.34. The van der Waals surface area contributed by atoms with Crippen LogP contribution in [-0.4, -0.2) is 32.8 Å². The summed E-state index contributed by atoms with van der Waals surface area (Å²) < 4.78 is 1.52. The van der Waals surface area contributed by atoms with E-state index >= 15 is 0 Å². The smallest absolute Gasteiger partial charge is 0.224 e. The summed E-state index contributed by atoms with van der Waals surface area (Å²) in [6, 6.07) is 7.66. The first-order valence-electron chi connectivity index (χ1n) is 7.75. The van der Waals surface area contributed by atoms with Gasteiger partial charge in [0.15, 0.2) is 11.5 Å². The van der Waals surface area contributed by atoms with Crippen LogP contribution in [0.1, 0.15) is 32.0 Å². The summed E-state index contributed by atoms with van der Waals surface area (Å²) in [6.45, 7) is 6.17. The largest absolute Gasteiger partial charge is 0.359 e. The van der Waals surface area contributed by atoms with Crippen LogP contribution in [0.15, 0.2) is 24.3 Å². The zero-order valence-electron chi connectivity index (χ0n) is 14.1. The number of rotatable bonds is 3. The Morgan fingerprint density at radius 1 is 1.29 bits per heavy atom. The molecule has 0 aliphatic carbocycles. The highest BCUT2D eigenvalue weighted by Gasteiger charge is 2.25. The predicted octanol–water partition coefficient (Wildman–Crippen LogP) is 2.96. The van der Waals surface area contributed by atoms with Crippen molar-refractivity contribution in [3.05, 3.63) is 40.5 Å². The Bertz CT molecular complexity index is 903. The summed E-state index contributed by atoms with van der Waals surface area (Å²) in [7, 11) is 1.62. The summed E-state index contributed by atoms with van der Waals surface area (Å²) in [4.78, 5) is 14.9. The number of nitrogens with one attached hydrogen (secondary N) is 2. The number of likely N-dealkylation sites (N-methyl/N-ethyl adjacent to an activating group) is 1. The lowest BCUT2D eigenvalue weighted by Crippen LogP contribution is -2.20. The topological polar surface area (TPSA) is 75.1 Å². The Hall–Kier alpha value is -2.34. The summed E-state index contributed by atoms with van der Waals surface area (Å²) >= 11 is 6.47. The van der Waals surface area contributed by atoms with Gasteiger partial charge in [-0.1, -0.05) is 56.6 Å². The number of fused-ring (bicyclic) bond motifs is 1. The van der Waals surface area contributed by atoms with Crippen molar-refractivity contribution in [3.8, 4) is 11.4 Å². The lowest BCUT2D eigenvalue weighted by molar-refractivity contribution is -0.119. The Balaban J connectivity index is 2.07. The molecule has 0 saturated heterocycles. The molecule has 6 nitrogen and oxygen atoms in total. The zero-order valence-corrected chi connectivity index (χ0v) is 14.9. The van der Waals surface area contributed by atoms with Crippen LogP contribution in [0.2, 0.25) is 5.02 Å². The molecular formula is C17H20ClN5O. The van der Waals surface area contributed by atoms with Gasteiger partial charge in [-0.2, -0.15) is 5.10 Å². The maximum absolute atomic E-state index is 11.7. The van der Waals surface area contributed by atoms with Crippen molar-refractivity contribution in [2.45, 2.75) is 32.6 Å². The molecule has 0 atom stereocenters. The zero-order chi connectivity index (χ0) is 17.5. The van der Waals surface area contributed by atoms with Crippen LogP contribution in [0.5, 0.6) is 0 Å². The first-order chi connectivity index (χ1) is 11.3. The van der Waals surface area contributed by atoms with Crippen molar-refractivity contribution >= 4 is 23.2 Å². The van der Waals surface area contributed by atoms with E-state index in [2.05, 4.69) is 41.3 Å². The molecule has 0 radical (unpaired) electrons. The fourth-order valence-corrected chi connectivity index (χ4v) is 3.01. The molecular weight excluding hydrogens is 326 g/mol. The molecule has 0 aliphatic heterocycles. The molecule has 0 saturated carbocycles. The van der Waals surface area contributed by atoms with Gasteiger partial charge in [0.25, 0.3) is 0 Å². The lowest BCUT2D eigenvalue weighted by atomic mass is 9.92. The SMILES string of the molecule is CNC(=O)Cc1ccccc1-c1nn2nc(C(C)(C)C)c(Cl)c2[nH]1. The van der Waals surface area contributed by atoms with E-state index in [9.17, 15) is 4.79 Å². The molecule has 0 unspecified atom stereocenters. The number of hydrogen-bond acceptors (Lipinski definition) is 3. The summed E-state index contributed by atoms with van der Waals surface area (Å²) in [5.74, 6) is 0.589. The number of benzene rings is 1. The lowest BCUT2D eigenvalue weighted by Gasteiger charge is -2.14. The van der Waals surface area contributed by atoms with Gasteiger partial charge in [-0.25, -0.2) is 0 Å². The van der Waals surface area contributed by atoms with Gasteiger partial charge in [0.05, 0.1) is 12.1 Å². The van der Waals surface area contributed by atoms with Gasteiger partial charge in [0.1, 0.15) is 5.02 Å². The van der Waals surface area contributed by atoms with Gasteiger partial charge < -0.3 is 10.3 Å². The van der Waals surface area contributed by atoms with E-state index < -0.39 is 0 Å². The average Bonchev–Trinajstić information content (AvgIpc) is 3.07. The maximum atomic E-state index is 11.7. The van der Waals surface area contributed by atoms with E-state index in [0.29, 0.717) is 16.5 Å². The number of aromatic nitrogens is 4. The first kappa shape index (κ1) is 16.5. The van der Waals surface area contributed by atoms with Crippen LogP contribution in [0.3, 0.4) is 0 Å². The number of amides is 1. The van der Waals surface area contributed by atoms with Crippen molar-refractivity contribution in [2.75, 3.05) is 7.05 Å². The van der Waals surface area contributed by atoms with Crippen LogP contribution in [0.25, 0.3) is 17.0 Å². The van der Waals surface area contributed by atoms with E-state index in [1.165, 1.54) is 4.63 Å². The highest BCUT2D eigenvalue weighted by atomic mass is 35.5. The van der Waals surface area contributed by atoms with E-state index in [0.717, 1.165) is 16.8 Å². The quantitative estimate of drug-likeness (QED) is 0.766. The van der Waals surface area contributed by atoms with Gasteiger partial charge >= 0.3 is 0 Å². The van der Waals surface area contributed by atoms with Crippen molar-refractivity contribution in [3.63, 3.8) is 0 Å². The standard InChI is InChI=1S/C17H20ClN5O/c1-17(2,3)14-13(18)16-20-15(22-23(16)21-14)11-8-6-5-7-10(11)9-12(24)19-4/h5-8H,9H2,1-4H3,(H,19,24)(H,20,22). The third kappa shape index (κ3) is 2.89. The molecule has 1 amide bonds. The Labute approximate surface area is 145 Å². The number of carbonyl (C=O) groups is 1. The second kappa shape index (κ2) is 5.94. The van der Waals surface area contributed by atoms with Crippen molar-refractivity contribution in [2.24, 2.45) is 0 Å². The summed E-state index contributed by atoms with van der Waals surface area (Å²) in [5.41, 5.74) is 3.04. The number of halogens is 1. The molecule has 2 aromatic heterocycles. The third-order valence-corrected chi connectivity index (χ3v) is 4.21. The predicted molar refractivity (Wildman–Crippen MR) is 94.3 cm³/mol. The number of hydrogen-bond donors (Lipinski definition) is 2. The fraction of sp³-hybridized carbons (Fsp3) is 0.353. The van der Waals surface area contributed by atoms with Gasteiger partial charge in [-0.15, -0.1) is 9.73 Å². The monoisotopic (exact) mass is 345 g/mol. The number of aromatic amines is 1. The normalized spacial score (nSPS) is 11.9. The number of carbonyl (C=O) groups excluding carboxylic acids is 1. The van der Waals surface area contributed by atoms with Gasteiger partial charge in [-0.05, 0) is 5.56 Å². The second-order valence-corrected chi connectivity index (χ2v) is 7.11. The highest BCUT2D eigenvalue weighted by Crippen LogP contribution is 2.32. The van der Waals surface area contributed by atoms with E-state index in [4.69, 9.17) is 11.6 Å². The van der Waals surface area contributed by atoms with E-state index in [1.54, 1.807) is 7.05 Å². The molecule has 2 N–H and O–H groups in total. The minimum Gasteiger partial charge on any atom is -0.359 e. The van der Waals surface area contributed by atoms with Gasteiger partial charge in [-0.3, -0.25) is 4.79 Å². The van der Waals surface area contributed by atoms with Crippen molar-refractivity contribution in [1.82, 2.24) is 25.1 Å². The molecule has 0 fully saturated rings. The first-order valence-corrected chi connectivity index (χ1v) is 8.13. The summed E-state index contributed by atoms with van der Waals surface area (Å²) in [6.07, 6.45) is 0.288. The molecule has 1 aromatic carbocycles. The number of nitrogens with zero attached hydrogens (tertiary/aromatic N) is 3. The van der Waals surface area contributed by atoms with Crippen molar-refractivity contribution in [1.29, 1.82) is 0 Å². The van der Waals surface area contributed by atoms with Crippen LogP contribution in [0, 0.1) is 0 Å². The van der Waals surface area contributed by atoms with E-state index in [1.807, 2.05) is 24.3 Å². The van der Waals surface area contributed by atoms with Crippen LogP contribution in [-0.2, 0) is 16.6 Å². The molecule has 0 spiro atoms. The average molecular weight is 346 g/mol. The molecule has 24 heavy (non-hydrogen) atoms. The van der Waals surface area contributed by atoms with Crippen LogP contribution in [0.4, 0.5) is 0 Å². The maximum Gasteiger partial charge on any atom is 0.224 e. The molecule has 3 aromatic rings. The van der Waals surface area contributed by atoms with Crippen LogP contribution >= 0.6 is 11.6 Å². The summed E-state index contributed by atoms with van der Waals surface area (Å²) in [5, 5.41) is 12.2. The molecule has 126 valence electrons.